The summed E-state index contributed by atoms with van der Waals surface area (Å²) in [5.41, 5.74) is 6.46. The Morgan fingerprint density at radius 3 is 2.19 bits per heavy atom. The van der Waals surface area contributed by atoms with E-state index in [9.17, 15) is 9.90 Å². The molecule has 1 aliphatic rings. The molecule has 1 fully saturated rings. The third kappa shape index (κ3) is 6.96. The van der Waals surface area contributed by atoms with Crippen LogP contribution < -0.4 is 4.74 Å². The van der Waals surface area contributed by atoms with E-state index in [4.69, 9.17) is 9.84 Å². The highest BCUT2D eigenvalue weighted by Crippen LogP contribution is 2.43. The van der Waals surface area contributed by atoms with Gasteiger partial charge in [0, 0.05) is 11.8 Å². The van der Waals surface area contributed by atoms with E-state index in [2.05, 4.69) is 71.0 Å². The van der Waals surface area contributed by atoms with Crippen molar-refractivity contribution >= 4 is 5.97 Å². The van der Waals surface area contributed by atoms with E-state index in [0.29, 0.717) is 13.0 Å². The molecule has 37 heavy (non-hydrogen) atoms. The van der Waals surface area contributed by atoms with Crippen molar-refractivity contribution in [3.63, 3.8) is 0 Å². The van der Waals surface area contributed by atoms with Crippen molar-refractivity contribution < 1.29 is 19.7 Å². The molecule has 4 nitrogen and oxygen atoms in total. The second-order valence-corrected chi connectivity index (χ2v) is 11.5. The molecule has 2 aromatic rings. The third-order valence-electron chi connectivity index (χ3n) is 9.11. The number of aliphatic carboxylic acids is 1. The molecule has 3 rings (SSSR count). The van der Waals surface area contributed by atoms with E-state index in [1.807, 2.05) is 0 Å². The third-order valence-corrected chi connectivity index (χ3v) is 9.11. The average molecular weight is 509 g/mol. The molecule has 0 amide bonds. The zero-order valence-corrected chi connectivity index (χ0v) is 23.7. The Bertz CT molecular complexity index is 1030. The summed E-state index contributed by atoms with van der Waals surface area (Å²) >= 11 is 0. The lowest BCUT2D eigenvalue weighted by molar-refractivity contribution is -0.137. The minimum Gasteiger partial charge on any atom is -0.493 e. The fraction of sp³-hybridized carbons (Fsp3) is 0.606. The van der Waals surface area contributed by atoms with Gasteiger partial charge in [0.1, 0.15) is 5.75 Å². The zero-order valence-electron chi connectivity index (χ0n) is 23.7. The zero-order chi connectivity index (χ0) is 27.1. The van der Waals surface area contributed by atoms with Gasteiger partial charge >= 0.3 is 5.97 Å². The first-order chi connectivity index (χ1) is 17.6. The SMILES string of the molecule is CCC(CC)(c1ccc(CCC(O)C2(C)CCCC2)c(C)c1)c1ccc(OCCCCC(=O)O)c(C)c1. The Morgan fingerprint density at radius 2 is 1.62 bits per heavy atom. The van der Waals surface area contributed by atoms with Gasteiger partial charge in [-0.2, -0.15) is 0 Å². The predicted octanol–water partition coefficient (Wildman–Crippen LogP) is 7.92. The molecule has 204 valence electrons. The van der Waals surface area contributed by atoms with Crippen LogP contribution in [0.25, 0.3) is 0 Å². The second kappa shape index (κ2) is 13.0. The Labute approximate surface area is 224 Å². The molecule has 1 saturated carbocycles. The number of hydrogen-bond donors (Lipinski definition) is 2. The van der Waals surface area contributed by atoms with E-state index in [1.165, 1.54) is 35.1 Å². The number of carboxylic acids is 1. The van der Waals surface area contributed by atoms with E-state index >= 15 is 0 Å². The average Bonchev–Trinajstić information content (AvgIpc) is 3.33. The van der Waals surface area contributed by atoms with Crippen molar-refractivity contribution in [1.29, 1.82) is 0 Å². The number of hydrogen-bond acceptors (Lipinski definition) is 3. The molecule has 0 radical (unpaired) electrons. The lowest BCUT2D eigenvalue weighted by Gasteiger charge is -2.34. The molecule has 2 aromatic carbocycles. The van der Waals surface area contributed by atoms with Crippen LogP contribution in [-0.4, -0.2) is 28.9 Å². The van der Waals surface area contributed by atoms with Crippen LogP contribution in [0.2, 0.25) is 0 Å². The largest absolute Gasteiger partial charge is 0.493 e. The summed E-state index contributed by atoms with van der Waals surface area (Å²) in [6.45, 7) is 11.6. The summed E-state index contributed by atoms with van der Waals surface area (Å²) in [6.07, 6.45) is 9.90. The number of aliphatic hydroxyl groups is 1. The highest BCUT2D eigenvalue weighted by Gasteiger charge is 2.36. The lowest BCUT2D eigenvalue weighted by Crippen LogP contribution is -2.30. The molecule has 1 unspecified atom stereocenters. The van der Waals surface area contributed by atoms with Gasteiger partial charge in [-0.25, -0.2) is 0 Å². The van der Waals surface area contributed by atoms with Crippen molar-refractivity contribution in [2.75, 3.05) is 6.61 Å². The molecule has 0 aliphatic heterocycles. The van der Waals surface area contributed by atoms with Gasteiger partial charge in [-0.15, -0.1) is 0 Å². The predicted molar refractivity (Wildman–Crippen MR) is 152 cm³/mol. The fourth-order valence-corrected chi connectivity index (χ4v) is 6.33. The summed E-state index contributed by atoms with van der Waals surface area (Å²) in [5, 5.41) is 19.7. The molecule has 4 heteroatoms. The van der Waals surface area contributed by atoms with Crippen LogP contribution >= 0.6 is 0 Å². The maximum atomic E-state index is 10.9. The Morgan fingerprint density at radius 1 is 1.00 bits per heavy atom. The van der Waals surface area contributed by atoms with Gasteiger partial charge < -0.3 is 14.9 Å². The van der Waals surface area contributed by atoms with Gasteiger partial charge in [0.2, 0.25) is 0 Å². The number of benzene rings is 2. The van der Waals surface area contributed by atoms with Gasteiger partial charge in [-0.1, -0.05) is 63.9 Å². The number of unbranched alkanes of at least 4 members (excludes halogenated alkanes) is 1. The molecular weight excluding hydrogens is 460 g/mol. The number of carbonyl (C=O) groups is 1. The fourth-order valence-electron chi connectivity index (χ4n) is 6.33. The molecule has 0 aromatic heterocycles. The van der Waals surface area contributed by atoms with Crippen molar-refractivity contribution in [3.8, 4) is 5.75 Å². The smallest absolute Gasteiger partial charge is 0.303 e. The van der Waals surface area contributed by atoms with Crippen molar-refractivity contribution in [2.45, 2.75) is 117 Å². The molecule has 2 N–H and O–H groups in total. The lowest BCUT2D eigenvalue weighted by atomic mass is 9.69. The topological polar surface area (TPSA) is 66.8 Å². The van der Waals surface area contributed by atoms with E-state index in [-0.39, 0.29) is 23.4 Å². The Hall–Kier alpha value is -2.33. The molecule has 0 heterocycles. The number of rotatable bonds is 14. The molecule has 0 saturated heterocycles. The van der Waals surface area contributed by atoms with Gasteiger partial charge in [-0.3, -0.25) is 4.79 Å². The Kier molecular flexibility index (Phi) is 10.2. The molecule has 1 atom stereocenters. The highest BCUT2D eigenvalue weighted by molar-refractivity contribution is 5.66. The molecule has 0 bridgehead atoms. The number of ether oxygens (including phenoxy) is 1. The van der Waals surface area contributed by atoms with Crippen LogP contribution in [0.1, 0.15) is 113 Å². The second-order valence-electron chi connectivity index (χ2n) is 11.5. The monoisotopic (exact) mass is 508 g/mol. The van der Waals surface area contributed by atoms with E-state index < -0.39 is 5.97 Å². The van der Waals surface area contributed by atoms with Crippen LogP contribution in [0, 0.1) is 19.3 Å². The van der Waals surface area contributed by atoms with E-state index in [1.54, 1.807) is 0 Å². The standard InChI is InChI=1S/C33H48O4/c1-6-33(7-2,28-16-17-29(25(4)23-28)37-21-11-8-12-31(35)36)27-15-13-26(24(3)22-27)14-18-30(34)32(5)19-9-10-20-32/h13,15-17,22-23,30,34H,6-12,14,18-21H2,1-5H3,(H,35,36). The van der Waals surface area contributed by atoms with Gasteiger partial charge in [0.15, 0.2) is 0 Å². The quantitative estimate of drug-likeness (QED) is 0.254. The molecule has 0 spiro atoms. The first kappa shape index (κ1) is 29.2. The summed E-state index contributed by atoms with van der Waals surface area (Å²) < 4.78 is 5.97. The van der Waals surface area contributed by atoms with Gasteiger partial charge in [0.25, 0.3) is 0 Å². The molecular formula is C33H48O4. The maximum absolute atomic E-state index is 10.9. The number of aryl methyl sites for hydroxylation is 3. The first-order valence-corrected chi connectivity index (χ1v) is 14.4. The van der Waals surface area contributed by atoms with Gasteiger partial charge in [0.05, 0.1) is 12.7 Å². The molecule has 1 aliphatic carbocycles. The highest BCUT2D eigenvalue weighted by atomic mass is 16.5. The minimum atomic E-state index is -0.754. The van der Waals surface area contributed by atoms with Crippen molar-refractivity contribution in [1.82, 2.24) is 0 Å². The van der Waals surface area contributed by atoms with Crippen LogP contribution in [0.3, 0.4) is 0 Å². The van der Waals surface area contributed by atoms with Crippen molar-refractivity contribution in [3.05, 3.63) is 64.2 Å². The number of aliphatic hydroxyl groups excluding tert-OH is 1. The normalized spacial score (nSPS) is 16.1. The summed E-state index contributed by atoms with van der Waals surface area (Å²) in [6, 6.07) is 13.5. The van der Waals surface area contributed by atoms with Crippen LogP contribution in [-0.2, 0) is 16.6 Å². The van der Waals surface area contributed by atoms with Crippen LogP contribution in [0.4, 0.5) is 0 Å². The van der Waals surface area contributed by atoms with E-state index in [0.717, 1.165) is 56.3 Å². The maximum Gasteiger partial charge on any atom is 0.303 e. The van der Waals surface area contributed by atoms with Crippen LogP contribution in [0.5, 0.6) is 5.75 Å². The van der Waals surface area contributed by atoms with Gasteiger partial charge in [-0.05, 0) is 105 Å². The van der Waals surface area contributed by atoms with Crippen LogP contribution in [0.15, 0.2) is 36.4 Å². The minimum absolute atomic E-state index is 0.0646. The first-order valence-electron chi connectivity index (χ1n) is 14.4. The van der Waals surface area contributed by atoms with Crippen molar-refractivity contribution in [2.24, 2.45) is 5.41 Å². The summed E-state index contributed by atoms with van der Waals surface area (Å²) in [5.74, 6) is 0.122. The summed E-state index contributed by atoms with van der Waals surface area (Å²) in [4.78, 5) is 10.7. The Balaban J connectivity index is 1.73. The summed E-state index contributed by atoms with van der Waals surface area (Å²) in [7, 11) is 0. The number of carboxylic acid groups (broad SMARTS) is 1.